The number of nitriles is 1. The Kier molecular flexibility index (Phi) is 4.42. The molecule has 104 valence electrons. The van der Waals surface area contributed by atoms with Crippen LogP contribution < -0.4 is 5.32 Å². The number of rotatable bonds is 3. The quantitative estimate of drug-likeness (QED) is 0.681. The zero-order valence-electron chi connectivity index (χ0n) is 9.31. The maximum atomic E-state index is 12.8. The van der Waals surface area contributed by atoms with Gasteiger partial charge in [0.1, 0.15) is 6.04 Å². The Morgan fingerprint density at radius 3 is 2.16 bits per heavy atom. The second-order valence-electron chi connectivity index (χ2n) is 3.60. The molecule has 0 unspecified atom stereocenters. The molecule has 1 aromatic rings. The van der Waals surface area contributed by atoms with E-state index in [1.54, 1.807) is 5.32 Å². The number of nitrogens with one attached hydrogen (secondary N) is 1. The highest BCUT2D eigenvalue weighted by Gasteiger charge is 2.45. The molecule has 1 N–H and O–H groups in total. The molecule has 0 spiro atoms. The molecule has 0 heterocycles. The van der Waals surface area contributed by atoms with Crippen molar-refractivity contribution < 1.29 is 26.3 Å². The first kappa shape index (κ1) is 15.3. The van der Waals surface area contributed by atoms with Crippen molar-refractivity contribution in [2.24, 2.45) is 0 Å². The van der Waals surface area contributed by atoms with Gasteiger partial charge in [-0.25, -0.2) is 0 Å². The first-order valence-electron chi connectivity index (χ1n) is 5.01. The maximum absolute atomic E-state index is 12.8. The lowest BCUT2D eigenvalue weighted by molar-refractivity contribution is -0.162. The van der Waals surface area contributed by atoms with Gasteiger partial charge in [0.05, 0.1) is 18.2 Å². The third-order valence-corrected chi connectivity index (χ3v) is 2.29. The van der Waals surface area contributed by atoms with Gasteiger partial charge in [0.2, 0.25) is 0 Å². The van der Waals surface area contributed by atoms with Crippen LogP contribution in [-0.4, -0.2) is 12.7 Å². The first-order valence-corrected chi connectivity index (χ1v) is 5.01. The van der Waals surface area contributed by atoms with Gasteiger partial charge in [0, 0.05) is 0 Å². The highest BCUT2D eigenvalue weighted by molar-refractivity contribution is 5.33. The molecule has 0 saturated carbocycles. The first-order chi connectivity index (χ1) is 8.68. The summed E-state index contributed by atoms with van der Waals surface area (Å²) in [7, 11) is 0. The largest absolute Gasteiger partial charge is 0.416 e. The molecule has 0 saturated heterocycles. The van der Waals surface area contributed by atoms with Gasteiger partial charge in [-0.1, -0.05) is 18.2 Å². The van der Waals surface area contributed by atoms with E-state index in [9.17, 15) is 26.3 Å². The second kappa shape index (κ2) is 5.48. The summed E-state index contributed by atoms with van der Waals surface area (Å²) < 4.78 is 76.3. The summed E-state index contributed by atoms with van der Waals surface area (Å²) in [6, 6.07) is 2.27. The van der Waals surface area contributed by atoms with Crippen LogP contribution in [0.5, 0.6) is 0 Å². The van der Waals surface area contributed by atoms with E-state index in [1.165, 1.54) is 6.07 Å². The van der Waals surface area contributed by atoms with Crippen LogP contribution in [0.1, 0.15) is 17.2 Å². The number of hydrogen-bond donors (Lipinski definition) is 1. The molecule has 0 aromatic heterocycles. The monoisotopic (exact) mass is 282 g/mol. The summed E-state index contributed by atoms with van der Waals surface area (Å²) in [6.45, 7) is -0.712. The number of benzene rings is 1. The highest BCUT2D eigenvalue weighted by atomic mass is 19.4. The van der Waals surface area contributed by atoms with Gasteiger partial charge >= 0.3 is 12.4 Å². The summed E-state index contributed by atoms with van der Waals surface area (Å²) in [5.74, 6) is 0. The maximum Gasteiger partial charge on any atom is 0.416 e. The molecule has 0 aliphatic rings. The zero-order valence-corrected chi connectivity index (χ0v) is 9.31. The van der Waals surface area contributed by atoms with Crippen LogP contribution in [0, 0.1) is 11.3 Å². The lowest BCUT2D eigenvalue weighted by Gasteiger charge is -2.24. The van der Waals surface area contributed by atoms with Crippen LogP contribution in [0.2, 0.25) is 0 Å². The third kappa shape index (κ3) is 3.86. The topological polar surface area (TPSA) is 35.8 Å². The highest BCUT2D eigenvalue weighted by Crippen LogP contribution is 2.40. The molecular formula is C11H8F6N2. The summed E-state index contributed by atoms with van der Waals surface area (Å²) in [5, 5.41) is 10.0. The van der Waals surface area contributed by atoms with Gasteiger partial charge in [0.25, 0.3) is 0 Å². The summed E-state index contributed by atoms with van der Waals surface area (Å²) in [6.07, 6.45) is -9.83. The van der Waals surface area contributed by atoms with Crippen LogP contribution in [0.15, 0.2) is 24.3 Å². The van der Waals surface area contributed by atoms with Gasteiger partial charge in [0.15, 0.2) is 0 Å². The van der Waals surface area contributed by atoms with Crippen molar-refractivity contribution >= 4 is 0 Å². The SMILES string of the molecule is N#CCN[C@H](c1ccccc1C(F)(F)F)C(F)(F)F. The summed E-state index contributed by atoms with van der Waals surface area (Å²) >= 11 is 0. The van der Waals surface area contributed by atoms with Crippen LogP contribution >= 0.6 is 0 Å². The lowest BCUT2D eigenvalue weighted by atomic mass is 9.99. The molecular weight excluding hydrogens is 274 g/mol. The van der Waals surface area contributed by atoms with Crippen molar-refractivity contribution in [3.8, 4) is 6.07 Å². The van der Waals surface area contributed by atoms with E-state index in [4.69, 9.17) is 5.26 Å². The van der Waals surface area contributed by atoms with Crippen molar-refractivity contribution in [1.82, 2.24) is 5.32 Å². The molecule has 2 nitrogen and oxygen atoms in total. The molecule has 1 atom stereocenters. The average molecular weight is 282 g/mol. The standard InChI is InChI=1S/C11H8F6N2/c12-10(13,14)8-4-2-1-3-7(8)9(11(15,16)17)19-6-5-18/h1-4,9,19H,6H2/t9-/m1/s1. The average Bonchev–Trinajstić information content (AvgIpc) is 2.27. The number of alkyl halides is 6. The Balaban J connectivity index is 3.28. The number of halogens is 6. The van der Waals surface area contributed by atoms with Gasteiger partial charge < -0.3 is 0 Å². The molecule has 0 radical (unpaired) electrons. The zero-order chi connectivity index (χ0) is 14.7. The Hall–Kier alpha value is -1.75. The van der Waals surface area contributed by atoms with Crippen molar-refractivity contribution in [2.45, 2.75) is 18.4 Å². The van der Waals surface area contributed by atoms with Crippen LogP contribution in [-0.2, 0) is 6.18 Å². The van der Waals surface area contributed by atoms with Crippen LogP contribution in [0.3, 0.4) is 0 Å². The Morgan fingerprint density at radius 2 is 1.68 bits per heavy atom. The van der Waals surface area contributed by atoms with E-state index in [0.29, 0.717) is 6.07 Å². The predicted octanol–water partition coefficient (Wildman–Crippen LogP) is 3.42. The minimum Gasteiger partial charge on any atom is -0.290 e. The van der Waals surface area contributed by atoms with Gasteiger partial charge in [-0.2, -0.15) is 31.6 Å². The molecule has 0 aliphatic heterocycles. The Labute approximate surface area is 104 Å². The Bertz CT molecular complexity index is 471. The van der Waals surface area contributed by atoms with Gasteiger partial charge in [-0.3, -0.25) is 5.32 Å². The van der Waals surface area contributed by atoms with Crippen molar-refractivity contribution in [3.05, 3.63) is 35.4 Å². The second-order valence-corrected chi connectivity index (χ2v) is 3.60. The molecule has 0 bridgehead atoms. The lowest BCUT2D eigenvalue weighted by Crippen LogP contribution is -2.35. The Morgan fingerprint density at radius 1 is 1.11 bits per heavy atom. The van der Waals surface area contributed by atoms with Gasteiger partial charge in [-0.05, 0) is 11.6 Å². The van der Waals surface area contributed by atoms with E-state index in [2.05, 4.69) is 0 Å². The van der Waals surface area contributed by atoms with E-state index in [0.717, 1.165) is 18.2 Å². The molecule has 1 aromatic carbocycles. The van der Waals surface area contributed by atoms with Crippen molar-refractivity contribution in [3.63, 3.8) is 0 Å². The molecule has 0 fully saturated rings. The molecule has 1 rings (SSSR count). The van der Waals surface area contributed by atoms with Crippen molar-refractivity contribution in [1.29, 1.82) is 5.26 Å². The number of nitrogens with zero attached hydrogens (tertiary/aromatic N) is 1. The third-order valence-electron chi connectivity index (χ3n) is 2.29. The van der Waals surface area contributed by atoms with Crippen LogP contribution in [0.4, 0.5) is 26.3 Å². The fourth-order valence-electron chi connectivity index (χ4n) is 1.56. The minimum atomic E-state index is -4.93. The van der Waals surface area contributed by atoms with Gasteiger partial charge in [-0.15, -0.1) is 0 Å². The fourth-order valence-corrected chi connectivity index (χ4v) is 1.56. The predicted molar refractivity (Wildman–Crippen MR) is 53.9 cm³/mol. The van der Waals surface area contributed by atoms with Crippen LogP contribution in [0.25, 0.3) is 0 Å². The normalized spacial score (nSPS) is 13.9. The summed E-state index contributed by atoms with van der Waals surface area (Å²) in [5.41, 5.74) is -2.32. The van der Waals surface area contributed by atoms with Crippen molar-refractivity contribution in [2.75, 3.05) is 6.54 Å². The van der Waals surface area contributed by atoms with E-state index >= 15 is 0 Å². The molecule has 0 aliphatic carbocycles. The molecule has 0 amide bonds. The molecule has 8 heteroatoms. The molecule has 19 heavy (non-hydrogen) atoms. The summed E-state index contributed by atoms with van der Waals surface area (Å²) in [4.78, 5) is 0. The van der Waals surface area contributed by atoms with E-state index in [-0.39, 0.29) is 0 Å². The number of hydrogen-bond acceptors (Lipinski definition) is 2. The van der Waals surface area contributed by atoms with E-state index < -0.39 is 36.1 Å². The fraction of sp³-hybridized carbons (Fsp3) is 0.364. The smallest absolute Gasteiger partial charge is 0.290 e. The van der Waals surface area contributed by atoms with E-state index in [1.807, 2.05) is 0 Å². The minimum absolute atomic E-state index is 0.572.